The third-order valence-corrected chi connectivity index (χ3v) is 4.98. The van der Waals surface area contributed by atoms with Crippen LogP contribution in [0.3, 0.4) is 0 Å². The predicted molar refractivity (Wildman–Crippen MR) is 79.7 cm³/mol. The molecule has 0 spiro atoms. The maximum absolute atomic E-state index is 12.4. The van der Waals surface area contributed by atoms with Gasteiger partial charge in [-0.25, -0.2) is 0 Å². The molecule has 20 heavy (non-hydrogen) atoms. The van der Waals surface area contributed by atoms with Gasteiger partial charge >= 0.3 is 5.97 Å². The third-order valence-electron chi connectivity index (χ3n) is 3.74. The highest BCUT2D eigenvalue weighted by Crippen LogP contribution is 2.36. The Morgan fingerprint density at radius 1 is 1.35 bits per heavy atom. The number of carboxylic acid groups (broad SMARTS) is 1. The molecule has 1 heterocycles. The van der Waals surface area contributed by atoms with Gasteiger partial charge in [0.1, 0.15) is 5.25 Å². The number of aliphatic carboxylic acids is 1. The highest BCUT2D eigenvalue weighted by Gasteiger charge is 2.29. The van der Waals surface area contributed by atoms with Crippen LogP contribution in [0, 0.1) is 5.92 Å². The lowest BCUT2D eigenvalue weighted by molar-refractivity contribution is -0.142. The number of thioether (sulfide) groups is 1. The zero-order chi connectivity index (χ0) is 14.7. The first-order valence-corrected chi connectivity index (χ1v) is 7.78. The van der Waals surface area contributed by atoms with Gasteiger partial charge in [0, 0.05) is 6.04 Å². The van der Waals surface area contributed by atoms with E-state index in [1.54, 1.807) is 25.6 Å². The maximum Gasteiger partial charge on any atom is 0.308 e. The number of carbonyl (C=O) groups excluding carboxylic acids is 1. The van der Waals surface area contributed by atoms with E-state index in [0.29, 0.717) is 0 Å². The van der Waals surface area contributed by atoms with Crippen molar-refractivity contribution in [2.24, 2.45) is 5.92 Å². The van der Waals surface area contributed by atoms with Crippen molar-refractivity contribution < 1.29 is 14.7 Å². The summed E-state index contributed by atoms with van der Waals surface area (Å²) in [6, 6.07) is 7.58. The highest BCUT2D eigenvalue weighted by atomic mass is 32.2. The van der Waals surface area contributed by atoms with Crippen molar-refractivity contribution in [3.05, 3.63) is 35.4 Å². The molecule has 2 N–H and O–H groups in total. The number of carboxylic acids is 1. The van der Waals surface area contributed by atoms with E-state index in [4.69, 9.17) is 5.11 Å². The van der Waals surface area contributed by atoms with Crippen LogP contribution in [-0.2, 0) is 16.0 Å². The Kier molecular flexibility index (Phi) is 4.70. The van der Waals surface area contributed by atoms with Crippen molar-refractivity contribution in [2.45, 2.75) is 31.6 Å². The zero-order valence-electron chi connectivity index (χ0n) is 11.6. The van der Waals surface area contributed by atoms with Gasteiger partial charge in [-0.2, -0.15) is 0 Å². The van der Waals surface area contributed by atoms with Gasteiger partial charge in [0.15, 0.2) is 0 Å². The SMILES string of the molecule is CC(NC(=O)C1SCCc2ccccc21)C(C)C(=O)O. The van der Waals surface area contributed by atoms with Gasteiger partial charge in [-0.1, -0.05) is 24.3 Å². The monoisotopic (exact) mass is 293 g/mol. The fourth-order valence-corrected chi connectivity index (χ4v) is 3.45. The Hall–Kier alpha value is -1.49. The topological polar surface area (TPSA) is 66.4 Å². The van der Waals surface area contributed by atoms with E-state index in [-0.39, 0.29) is 17.2 Å². The standard InChI is InChI=1S/C15H19NO3S/c1-9(15(18)19)10(2)16-14(17)13-12-6-4-3-5-11(12)7-8-20-13/h3-6,9-10,13H,7-8H2,1-2H3,(H,16,17)(H,18,19). The van der Waals surface area contributed by atoms with Crippen LogP contribution in [0.15, 0.2) is 24.3 Å². The summed E-state index contributed by atoms with van der Waals surface area (Å²) in [6.45, 7) is 3.34. The molecule has 1 aromatic rings. The summed E-state index contributed by atoms with van der Waals surface area (Å²) in [7, 11) is 0. The first-order chi connectivity index (χ1) is 9.50. The molecule has 0 aliphatic carbocycles. The van der Waals surface area contributed by atoms with Gasteiger partial charge < -0.3 is 10.4 Å². The van der Waals surface area contributed by atoms with Gasteiger partial charge in [0.05, 0.1) is 5.92 Å². The fourth-order valence-electron chi connectivity index (χ4n) is 2.25. The second-order valence-electron chi connectivity index (χ2n) is 5.12. The molecule has 1 amide bonds. The van der Waals surface area contributed by atoms with Crippen LogP contribution in [0.2, 0.25) is 0 Å². The van der Waals surface area contributed by atoms with Crippen LogP contribution in [0.25, 0.3) is 0 Å². The van der Waals surface area contributed by atoms with E-state index < -0.39 is 11.9 Å². The number of fused-ring (bicyclic) bond motifs is 1. The molecule has 4 nitrogen and oxygen atoms in total. The van der Waals surface area contributed by atoms with E-state index in [1.165, 1.54) is 5.56 Å². The molecule has 0 radical (unpaired) electrons. The summed E-state index contributed by atoms with van der Waals surface area (Å²) in [4.78, 5) is 23.3. The smallest absolute Gasteiger partial charge is 0.308 e. The van der Waals surface area contributed by atoms with E-state index in [9.17, 15) is 9.59 Å². The van der Waals surface area contributed by atoms with E-state index in [1.807, 2.05) is 18.2 Å². The maximum atomic E-state index is 12.4. The number of carbonyl (C=O) groups is 2. The highest BCUT2D eigenvalue weighted by molar-refractivity contribution is 8.00. The minimum Gasteiger partial charge on any atom is -0.481 e. The molecule has 0 aromatic heterocycles. The van der Waals surface area contributed by atoms with Crippen LogP contribution < -0.4 is 5.32 Å². The Bertz CT molecular complexity index is 518. The van der Waals surface area contributed by atoms with Crippen molar-refractivity contribution in [1.82, 2.24) is 5.32 Å². The summed E-state index contributed by atoms with van der Waals surface area (Å²) >= 11 is 1.62. The van der Waals surface area contributed by atoms with E-state index in [0.717, 1.165) is 17.7 Å². The molecular formula is C15H19NO3S. The summed E-state index contributed by atoms with van der Waals surface area (Å²) < 4.78 is 0. The lowest BCUT2D eigenvalue weighted by Gasteiger charge is -2.26. The molecule has 0 saturated carbocycles. The molecule has 5 heteroatoms. The van der Waals surface area contributed by atoms with Crippen molar-refractivity contribution in [2.75, 3.05) is 5.75 Å². The summed E-state index contributed by atoms with van der Waals surface area (Å²) in [5.41, 5.74) is 2.27. The number of benzene rings is 1. The van der Waals surface area contributed by atoms with Crippen LogP contribution in [0.4, 0.5) is 0 Å². The average Bonchev–Trinajstić information content (AvgIpc) is 2.45. The van der Waals surface area contributed by atoms with Crippen LogP contribution in [-0.4, -0.2) is 28.8 Å². The molecule has 0 fully saturated rings. The number of hydrogen-bond donors (Lipinski definition) is 2. The largest absolute Gasteiger partial charge is 0.481 e. The van der Waals surface area contributed by atoms with E-state index in [2.05, 4.69) is 11.4 Å². The van der Waals surface area contributed by atoms with Crippen LogP contribution >= 0.6 is 11.8 Å². The predicted octanol–water partition coefficient (Wildman–Crippen LogP) is 2.24. The van der Waals surface area contributed by atoms with Gasteiger partial charge in [-0.15, -0.1) is 11.8 Å². The normalized spacial score (nSPS) is 20.6. The average molecular weight is 293 g/mol. The molecule has 0 bridgehead atoms. The summed E-state index contributed by atoms with van der Waals surface area (Å²) in [5.74, 6) is -0.669. The lowest BCUT2D eigenvalue weighted by atomic mass is 10.00. The van der Waals surface area contributed by atoms with Crippen molar-refractivity contribution >= 4 is 23.6 Å². The molecule has 1 aliphatic rings. The Balaban J connectivity index is 2.09. The Morgan fingerprint density at radius 2 is 2.05 bits per heavy atom. The number of amides is 1. The second kappa shape index (κ2) is 6.31. The summed E-state index contributed by atoms with van der Waals surface area (Å²) in [5, 5.41) is 11.6. The van der Waals surface area contributed by atoms with Crippen molar-refractivity contribution in [3.8, 4) is 0 Å². The van der Waals surface area contributed by atoms with Gasteiger partial charge in [-0.05, 0) is 37.1 Å². The third kappa shape index (κ3) is 3.15. The molecule has 2 rings (SSSR count). The zero-order valence-corrected chi connectivity index (χ0v) is 12.4. The lowest BCUT2D eigenvalue weighted by Crippen LogP contribution is -2.42. The Morgan fingerprint density at radius 3 is 2.75 bits per heavy atom. The molecule has 0 saturated heterocycles. The molecule has 1 aliphatic heterocycles. The first-order valence-electron chi connectivity index (χ1n) is 6.73. The minimum atomic E-state index is -0.894. The summed E-state index contributed by atoms with van der Waals surface area (Å²) in [6.07, 6.45) is 0.978. The number of nitrogens with one attached hydrogen (secondary N) is 1. The van der Waals surface area contributed by atoms with E-state index >= 15 is 0 Å². The Labute approximate surface area is 123 Å². The van der Waals surface area contributed by atoms with Crippen LogP contribution in [0.5, 0.6) is 0 Å². The first kappa shape index (κ1) is 14.9. The quantitative estimate of drug-likeness (QED) is 0.893. The van der Waals surface area contributed by atoms with Gasteiger partial charge in [0.25, 0.3) is 0 Å². The van der Waals surface area contributed by atoms with Crippen molar-refractivity contribution in [1.29, 1.82) is 0 Å². The fraction of sp³-hybridized carbons (Fsp3) is 0.467. The molecular weight excluding hydrogens is 274 g/mol. The number of hydrogen-bond acceptors (Lipinski definition) is 3. The molecule has 3 unspecified atom stereocenters. The number of rotatable bonds is 4. The number of aryl methyl sites for hydroxylation is 1. The molecule has 108 valence electrons. The van der Waals surface area contributed by atoms with Gasteiger partial charge in [-0.3, -0.25) is 9.59 Å². The molecule has 1 aromatic carbocycles. The molecule has 3 atom stereocenters. The second-order valence-corrected chi connectivity index (χ2v) is 6.34. The van der Waals surface area contributed by atoms with Crippen LogP contribution in [0.1, 0.15) is 30.2 Å². The van der Waals surface area contributed by atoms with Crippen molar-refractivity contribution in [3.63, 3.8) is 0 Å². The van der Waals surface area contributed by atoms with Gasteiger partial charge in [0.2, 0.25) is 5.91 Å². The minimum absolute atomic E-state index is 0.0947.